The van der Waals surface area contributed by atoms with E-state index in [2.05, 4.69) is 0 Å². The first-order chi connectivity index (χ1) is 12.1. The summed E-state index contributed by atoms with van der Waals surface area (Å²) >= 11 is 9.71. The Labute approximate surface area is 157 Å². The number of hydrogen-bond donors (Lipinski definition) is 0. The van der Waals surface area contributed by atoms with E-state index in [9.17, 15) is 9.18 Å². The molecule has 0 aliphatic heterocycles. The Morgan fingerprint density at radius 1 is 0.960 bits per heavy atom. The first-order valence-electron chi connectivity index (χ1n) is 7.65. The highest BCUT2D eigenvalue weighted by molar-refractivity contribution is 7.98. The Morgan fingerprint density at radius 2 is 1.72 bits per heavy atom. The van der Waals surface area contributed by atoms with Crippen LogP contribution in [-0.4, -0.2) is 0 Å². The Morgan fingerprint density at radius 3 is 2.52 bits per heavy atom. The Kier molecular flexibility index (Phi) is 4.50. The third-order valence-corrected chi connectivity index (χ3v) is 6.91. The summed E-state index contributed by atoms with van der Waals surface area (Å²) in [6.07, 6.45) is 0. The Bertz CT molecular complexity index is 1140. The summed E-state index contributed by atoms with van der Waals surface area (Å²) in [6.45, 7) is 0. The van der Waals surface area contributed by atoms with Gasteiger partial charge in [0.2, 0.25) is 0 Å². The highest BCUT2D eigenvalue weighted by Gasteiger charge is 2.12. The molecule has 5 heteroatoms. The van der Waals surface area contributed by atoms with Crippen LogP contribution in [0.4, 0.5) is 4.39 Å². The maximum absolute atomic E-state index is 13.0. The smallest absolute Gasteiger partial charge is 0.195 e. The highest BCUT2D eigenvalue weighted by atomic mass is 35.5. The van der Waals surface area contributed by atoms with E-state index in [0.717, 1.165) is 25.2 Å². The van der Waals surface area contributed by atoms with Gasteiger partial charge in [0.05, 0.1) is 9.72 Å². The topological polar surface area (TPSA) is 17.1 Å². The second kappa shape index (κ2) is 6.79. The van der Waals surface area contributed by atoms with Gasteiger partial charge in [-0.05, 0) is 42.0 Å². The van der Waals surface area contributed by atoms with Gasteiger partial charge < -0.3 is 0 Å². The molecule has 4 rings (SSSR count). The van der Waals surface area contributed by atoms with Gasteiger partial charge in [0, 0.05) is 26.1 Å². The number of thioether (sulfide) groups is 1. The molecule has 4 aromatic rings. The molecule has 0 atom stereocenters. The van der Waals surface area contributed by atoms with Crippen LogP contribution in [0.25, 0.3) is 20.2 Å². The van der Waals surface area contributed by atoms with Crippen LogP contribution in [-0.2, 0) is 5.75 Å². The molecule has 0 spiro atoms. The third-order valence-electron chi connectivity index (χ3n) is 3.96. The van der Waals surface area contributed by atoms with Crippen LogP contribution in [0.5, 0.6) is 0 Å². The van der Waals surface area contributed by atoms with Crippen molar-refractivity contribution in [1.82, 2.24) is 0 Å². The minimum Gasteiger partial charge on any atom is -0.289 e. The summed E-state index contributed by atoms with van der Waals surface area (Å²) in [5.41, 5.74) is 1.04. The summed E-state index contributed by atoms with van der Waals surface area (Å²) < 4.78 is 14.7. The molecule has 0 radical (unpaired) electrons. The fraction of sp³-hybridized carbons (Fsp3) is 0.0500. The minimum atomic E-state index is -0.242. The average molecular weight is 387 g/mol. The molecule has 0 saturated heterocycles. The number of hydrogen-bond acceptors (Lipinski definition) is 3. The summed E-state index contributed by atoms with van der Waals surface area (Å²) in [5.74, 6) is 0.447. The Balaban J connectivity index is 1.75. The number of halogens is 2. The summed E-state index contributed by atoms with van der Waals surface area (Å²) in [6, 6.07) is 17.8. The lowest BCUT2D eigenvalue weighted by Crippen LogP contribution is -2.01. The van der Waals surface area contributed by atoms with E-state index in [4.69, 9.17) is 11.6 Å². The molecular weight excluding hydrogens is 375 g/mol. The molecule has 0 fully saturated rings. The van der Waals surface area contributed by atoms with Crippen molar-refractivity contribution in [2.75, 3.05) is 0 Å². The Hall–Kier alpha value is -1.88. The minimum absolute atomic E-state index is 0.0151. The zero-order chi connectivity index (χ0) is 17.4. The van der Waals surface area contributed by atoms with Gasteiger partial charge in [-0.2, -0.15) is 0 Å². The number of rotatable bonds is 3. The predicted molar refractivity (Wildman–Crippen MR) is 107 cm³/mol. The monoisotopic (exact) mass is 386 g/mol. The molecule has 1 nitrogen and oxygen atoms in total. The third kappa shape index (κ3) is 3.17. The second-order valence-corrected chi connectivity index (χ2v) is 8.04. The van der Waals surface area contributed by atoms with E-state index in [0.29, 0.717) is 16.2 Å². The summed E-state index contributed by atoms with van der Waals surface area (Å²) in [4.78, 5) is 13.6. The highest BCUT2D eigenvalue weighted by Crippen LogP contribution is 2.38. The van der Waals surface area contributed by atoms with Gasteiger partial charge in [-0.15, -0.1) is 23.1 Å². The first-order valence-corrected chi connectivity index (χ1v) is 9.83. The van der Waals surface area contributed by atoms with Gasteiger partial charge in [0.1, 0.15) is 5.82 Å². The van der Waals surface area contributed by atoms with Crippen molar-refractivity contribution in [2.45, 2.75) is 10.6 Å². The molecule has 1 heterocycles. The van der Waals surface area contributed by atoms with Crippen molar-refractivity contribution >= 4 is 54.9 Å². The molecule has 0 aliphatic carbocycles. The van der Waals surface area contributed by atoms with Crippen molar-refractivity contribution in [3.63, 3.8) is 0 Å². The normalized spacial score (nSPS) is 11.3. The molecule has 0 aliphatic rings. The molecule has 1 aromatic heterocycles. The number of benzene rings is 3. The molecule has 124 valence electrons. The van der Waals surface area contributed by atoms with Crippen LogP contribution >= 0.6 is 34.7 Å². The van der Waals surface area contributed by atoms with Gasteiger partial charge in [-0.25, -0.2) is 4.39 Å². The van der Waals surface area contributed by atoms with Crippen molar-refractivity contribution in [3.8, 4) is 0 Å². The second-order valence-electron chi connectivity index (χ2n) is 5.60. The first kappa shape index (κ1) is 16.6. The molecule has 0 bridgehead atoms. The fourth-order valence-corrected chi connectivity index (χ4v) is 5.19. The molecular formula is C20H12ClFOS2. The van der Waals surface area contributed by atoms with E-state index < -0.39 is 0 Å². The standard InChI is InChI=1S/C20H12ClFOS2/c21-18-17(24-11-12-5-7-13(22)8-6-12)10-9-15-19(23)14-3-1-2-4-16(14)25-20(15)18/h1-10H,11H2. The molecule has 3 aromatic carbocycles. The van der Waals surface area contributed by atoms with Crippen LogP contribution in [0.15, 0.2) is 70.4 Å². The van der Waals surface area contributed by atoms with E-state index in [1.54, 1.807) is 23.9 Å². The largest absolute Gasteiger partial charge is 0.289 e. The molecule has 25 heavy (non-hydrogen) atoms. The van der Waals surface area contributed by atoms with Gasteiger partial charge >= 0.3 is 0 Å². The van der Waals surface area contributed by atoms with E-state index in [1.165, 1.54) is 23.5 Å². The lowest BCUT2D eigenvalue weighted by Gasteiger charge is -2.08. The van der Waals surface area contributed by atoms with E-state index >= 15 is 0 Å². The molecule has 0 amide bonds. The van der Waals surface area contributed by atoms with Crippen LogP contribution in [0, 0.1) is 5.82 Å². The van der Waals surface area contributed by atoms with Crippen molar-refractivity contribution in [2.24, 2.45) is 0 Å². The van der Waals surface area contributed by atoms with Gasteiger partial charge in [-0.3, -0.25) is 4.79 Å². The summed E-state index contributed by atoms with van der Waals surface area (Å²) in [5, 5.41) is 1.99. The maximum Gasteiger partial charge on any atom is 0.195 e. The molecule has 0 saturated carbocycles. The van der Waals surface area contributed by atoms with Crippen LogP contribution in [0.2, 0.25) is 5.02 Å². The lowest BCUT2D eigenvalue weighted by atomic mass is 10.2. The quantitative estimate of drug-likeness (QED) is 0.295. The fourth-order valence-electron chi connectivity index (χ4n) is 2.67. The van der Waals surface area contributed by atoms with E-state index in [-0.39, 0.29) is 11.2 Å². The van der Waals surface area contributed by atoms with Gasteiger partial charge in [0.15, 0.2) is 5.43 Å². The van der Waals surface area contributed by atoms with Crippen LogP contribution in [0.1, 0.15) is 5.56 Å². The van der Waals surface area contributed by atoms with Crippen molar-refractivity contribution in [3.05, 3.63) is 87.3 Å². The zero-order valence-corrected chi connectivity index (χ0v) is 15.4. The zero-order valence-electron chi connectivity index (χ0n) is 13.0. The summed E-state index contributed by atoms with van der Waals surface area (Å²) in [7, 11) is 0. The molecule has 0 N–H and O–H groups in total. The lowest BCUT2D eigenvalue weighted by molar-refractivity contribution is 0.627. The predicted octanol–water partition coefficient (Wildman–Crippen LogP) is 6.50. The van der Waals surface area contributed by atoms with Crippen molar-refractivity contribution in [1.29, 1.82) is 0 Å². The van der Waals surface area contributed by atoms with Gasteiger partial charge in [-0.1, -0.05) is 35.9 Å². The maximum atomic E-state index is 13.0. The number of fused-ring (bicyclic) bond motifs is 2. The van der Waals surface area contributed by atoms with Crippen molar-refractivity contribution < 1.29 is 4.39 Å². The molecule has 0 unspecified atom stereocenters. The van der Waals surface area contributed by atoms with E-state index in [1.807, 2.05) is 36.4 Å². The van der Waals surface area contributed by atoms with Gasteiger partial charge in [0.25, 0.3) is 0 Å². The SMILES string of the molecule is O=c1c2ccccc2sc2c(Cl)c(SCc3ccc(F)cc3)ccc12. The average Bonchev–Trinajstić information content (AvgIpc) is 2.63. The van der Waals surface area contributed by atoms with Crippen LogP contribution < -0.4 is 5.43 Å². The van der Waals surface area contributed by atoms with Crippen LogP contribution in [0.3, 0.4) is 0 Å².